The molecule has 0 aliphatic heterocycles. The van der Waals surface area contributed by atoms with Crippen LogP contribution in [0.2, 0.25) is 0 Å². The number of rotatable bonds is 1. The van der Waals surface area contributed by atoms with Crippen LogP contribution in [0, 0.1) is 17.8 Å². The Hall–Kier alpha value is -0.0400. The molecule has 2 rings (SSSR count). The van der Waals surface area contributed by atoms with Gasteiger partial charge in [-0.25, -0.2) is 0 Å². The van der Waals surface area contributed by atoms with E-state index < -0.39 is 0 Å². The molecule has 2 aliphatic carbocycles. The molecule has 2 fully saturated rings. The van der Waals surface area contributed by atoms with Crippen molar-refractivity contribution in [2.75, 3.05) is 0 Å². The Bertz CT molecular complexity index is 110. The maximum Gasteiger partial charge on any atom is 0.0102 e. The van der Waals surface area contributed by atoms with Crippen molar-refractivity contribution in [2.24, 2.45) is 23.5 Å². The van der Waals surface area contributed by atoms with Crippen LogP contribution in [0.4, 0.5) is 0 Å². The predicted octanol–water partition coefficient (Wildman–Crippen LogP) is 1.38. The lowest BCUT2D eigenvalue weighted by molar-refractivity contribution is 0.457. The molecule has 1 heteroatoms. The number of fused-ring (bicyclic) bond motifs is 1. The number of hydrogen-bond acceptors (Lipinski definition) is 1. The van der Waals surface area contributed by atoms with Crippen molar-refractivity contribution in [3.63, 3.8) is 0 Å². The fourth-order valence-corrected chi connectivity index (χ4v) is 2.34. The minimum atomic E-state index is 0.604. The van der Waals surface area contributed by atoms with Crippen molar-refractivity contribution in [3.8, 4) is 0 Å². The van der Waals surface area contributed by atoms with Crippen LogP contribution in [0.25, 0.3) is 0 Å². The van der Waals surface area contributed by atoms with Crippen LogP contribution < -0.4 is 5.73 Å². The van der Waals surface area contributed by atoms with Gasteiger partial charge in [-0.05, 0) is 30.6 Å². The molecular formula is C8H15N. The van der Waals surface area contributed by atoms with Crippen molar-refractivity contribution in [3.05, 3.63) is 0 Å². The van der Waals surface area contributed by atoms with Gasteiger partial charge in [-0.3, -0.25) is 0 Å². The van der Waals surface area contributed by atoms with E-state index in [9.17, 15) is 0 Å². The maximum atomic E-state index is 5.79. The van der Waals surface area contributed by atoms with Crippen LogP contribution >= 0.6 is 0 Å². The van der Waals surface area contributed by atoms with Crippen LogP contribution in [0.5, 0.6) is 0 Å². The molecule has 9 heavy (non-hydrogen) atoms. The Morgan fingerprint density at radius 3 is 2.33 bits per heavy atom. The summed E-state index contributed by atoms with van der Waals surface area (Å²) in [6.45, 7) is 2.29. The Morgan fingerprint density at radius 1 is 1.33 bits per heavy atom. The van der Waals surface area contributed by atoms with Crippen LogP contribution in [0.15, 0.2) is 0 Å². The molecule has 2 N–H and O–H groups in total. The third-order valence-electron chi connectivity index (χ3n) is 3.19. The molecule has 52 valence electrons. The summed E-state index contributed by atoms with van der Waals surface area (Å²) in [5.74, 6) is 2.91. The van der Waals surface area contributed by atoms with Gasteiger partial charge in [-0.1, -0.05) is 13.3 Å². The second-order valence-electron chi connectivity index (χ2n) is 3.65. The molecular weight excluding hydrogens is 110 g/mol. The lowest BCUT2D eigenvalue weighted by Crippen LogP contribution is -2.10. The van der Waals surface area contributed by atoms with E-state index >= 15 is 0 Å². The minimum absolute atomic E-state index is 0.604. The van der Waals surface area contributed by atoms with Crippen LogP contribution in [0.1, 0.15) is 26.2 Å². The Labute approximate surface area is 56.6 Å². The first-order chi connectivity index (χ1) is 4.33. The van der Waals surface area contributed by atoms with Gasteiger partial charge in [0.1, 0.15) is 0 Å². The summed E-state index contributed by atoms with van der Waals surface area (Å²) in [5.41, 5.74) is 5.79. The summed E-state index contributed by atoms with van der Waals surface area (Å²) in [4.78, 5) is 0. The van der Waals surface area contributed by atoms with Crippen molar-refractivity contribution < 1.29 is 0 Å². The zero-order valence-corrected chi connectivity index (χ0v) is 6.01. The smallest absolute Gasteiger partial charge is 0.0102 e. The zero-order valence-electron chi connectivity index (χ0n) is 6.01. The molecule has 0 amide bonds. The maximum absolute atomic E-state index is 5.79. The van der Waals surface area contributed by atoms with Gasteiger partial charge in [0.25, 0.3) is 0 Å². The van der Waals surface area contributed by atoms with Crippen LogP contribution in [-0.4, -0.2) is 6.04 Å². The Balaban J connectivity index is 1.89. The van der Waals surface area contributed by atoms with E-state index in [4.69, 9.17) is 5.73 Å². The molecule has 1 nitrogen and oxygen atoms in total. The fraction of sp³-hybridized carbons (Fsp3) is 1.00. The molecule has 0 radical (unpaired) electrons. The zero-order chi connectivity index (χ0) is 6.43. The topological polar surface area (TPSA) is 26.0 Å². The molecule has 0 bridgehead atoms. The summed E-state index contributed by atoms with van der Waals surface area (Å²) < 4.78 is 0. The predicted molar refractivity (Wildman–Crippen MR) is 38.0 cm³/mol. The van der Waals surface area contributed by atoms with E-state index in [0.29, 0.717) is 6.04 Å². The lowest BCUT2D eigenvalue weighted by atomic mass is 10.0. The highest BCUT2D eigenvalue weighted by molar-refractivity contribution is 5.06. The summed E-state index contributed by atoms with van der Waals surface area (Å²) in [5, 5.41) is 0. The quantitative estimate of drug-likeness (QED) is 0.563. The molecule has 0 aromatic carbocycles. The largest absolute Gasteiger partial charge is 0.327 e. The van der Waals surface area contributed by atoms with Gasteiger partial charge in [0, 0.05) is 6.04 Å². The monoisotopic (exact) mass is 125 g/mol. The molecule has 0 heterocycles. The summed E-state index contributed by atoms with van der Waals surface area (Å²) in [6, 6.07) is 0.604. The summed E-state index contributed by atoms with van der Waals surface area (Å²) in [6.07, 6.45) is 4.24. The highest BCUT2D eigenvalue weighted by Gasteiger charge is 2.53. The number of nitrogens with two attached hydrogens (primary N) is 1. The standard InChI is InChI=1S/C8H15N/c1-2-5-3-6-7(4-5)8(6)9/h5-8H,2-4,9H2,1H3/t5?,6-,7+,8?. The molecule has 0 saturated heterocycles. The molecule has 4 atom stereocenters. The second kappa shape index (κ2) is 1.72. The van der Waals surface area contributed by atoms with Crippen molar-refractivity contribution in [1.82, 2.24) is 0 Å². The van der Waals surface area contributed by atoms with Gasteiger partial charge < -0.3 is 5.73 Å². The molecule has 0 aromatic heterocycles. The Morgan fingerprint density at radius 2 is 1.89 bits per heavy atom. The van der Waals surface area contributed by atoms with Gasteiger partial charge in [0.05, 0.1) is 0 Å². The van der Waals surface area contributed by atoms with Crippen molar-refractivity contribution in [1.29, 1.82) is 0 Å². The van der Waals surface area contributed by atoms with Crippen LogP contribution in [0.3, 0.4) is 0 Å². The van der Waals surface area contributed by atoms with E-state index in [1.807, 2.05) is 0 Å². The normalized spacial score (nSPS) is 55.3. The first-order valence-corrected chi connectivity index (χ1v) is 4.08. The Kier molecular flexibility index (Phi) is 1.10. The van der Waals surface area contributed by atoms with Gasteiger partial charge >= 0.3 is 0 Å². The summed E-state index contributed by atoms with van der Waals surface area (Å²) >= 11 is 0. The number of hydrogen-bond donors (Lipinski definition) is 1. The highest BCUT2D eigenvalue weighted by Crippen LogP contribution is 2.53. The average Bonchev–Trinajstić information content (AvgIpc) is 2.32. The average molecular weight is 125 g/mol. The molecule has 0 aromatic rings. The van der Waals surface area contributed by atoms with Crippen molar-refractivity contribution >= 4 is 0 Å². The third kappa shape index (κ3) is 0.710. The summed E-state index contributed by atoms with van der Waals surface area (Å²) in [7, 11) is 0. The highest BCUT2D eigenvalue weighted by atomic mass is 14.8. The molecule has 2 saturated carbocycles. The molecule has 2 aliphatic rings. The van der Waals surface area contributed by atoms with Gasteiger partial charge in [0.2, 0.25) is 0 Å². The van der Waals surface area contributed by atoms with Crippen molar-refractivity contribution in [2.45, 2.75) is 32.2 Å². The van der Waals surface area contributed by atoms with Gasteiger partial charge in [-0.15, -0.1) is 0 Å². The van der Waals surface area contributed by atoms with E-state index in [0.717, 1.165) is 17.8 Å². The first-order valence-electron chi connectivity index (χ1n) is 4.08. The van der Waals surface area contributed by atoms with E-state index in [1.165, 1.54) is 19.3 Å². The van der Waals surface area contributed by atoms with E-state index in [2.05, 4.69) is 6.92 Å². The van der Waals surface area contributed by atoms with E-state index in [1.54, 1.807) is 0 Å². The SMILES string of the molecule is CCC1C[C@@H]2C(N)[C@@H]2C1. The lowest BCUT2D eigenvalue weighted by Gasteiger charge is -2.07. The fourth-order valence-electron chi connectivity index (χ4n) is 2.34. The minimum Gasteiger partial charge on any atom is -0.327 e. The van der Waals surface area contributed by atoms with Gasteiger partial charge in [0.15, 0.2) is 0 Å². The van der Waals surface area contributed by atoms with E-state index in [-0.39, 0.29) is 0 Å². The van der Waals surface area contributed by atoms with Crippen LogP contribution in [-0.2, 0) is 0 Å². The first kappa shape index (κ1) is 5.72. The second-order valence-corrected chi connectivity index (χ2v) is 3.65. The molecule has 0 spiro atoms. The molecule has 2 unspecified atom stereocenters. The third-order valence-corrected chi connectivity index (χ3v) is 3.19. The van der Waals surface area contributed by atoms with Gasteiger partial charge in [-0.2, -0.15) is 0 Å².